The van der Waals surface area contributed by atoms with Gasteiger partial charge in [-0.1, -0.05) is 18.4 Å². The summed E-state index contributed by atoms with van der Waals surface area (Å²) in [5.41, 5.74) is 0. The molecule has 0 aromatic heterocycles. The maximum Gasteiger partial charge on any atom is 0.197 e. The number of rotatable bonds is 5. The first kappa shape index (κ1) is 8.10. The van der Waals surface area contributed by atoms with Crippen molar-refractivity contribution in [2.45, 2.75) is 19.8 Å². The Morgan fingerprint density at radius 1 is 1.50 bits per heavy atom. The van der Waals surface area contributed by atoms with Crippen LogP contribution in [0.5, 0.6) is 0 Å². The van der Waals surface area contributed by atoms with Crippen LogP contribution in [0.2, 0.25) is 0 Å². The zero-order valence-electron chi connectivity index (χ0n) is 5.35. The number of hydrogen-bond donors (Lipinski definition) is 0. The van der Waals surface area contributed by atoms with Crippen molar-refractivity contribution in [3.8, 4) is 0 Å². The Labute approximate surface area is 52.3 Å². The Morgan fingerprint density at radius 3 is 2.75 bits per heavy atom. The summed E-state index contributed by atoms with van der Waals surface area (Å²) in [5.74, 6) is 0. The second-order valence-electron chi connectivity index (χ2n) is 1.41. The summed E-state index contributed by atoms with van der Waals surface area (Å²) in [5, 5.41) is 4.20. The van der Waals surface area contributed by atoms with Crippen molar-refractivity contribution >= 4 is 10.5 Å². The van der Waals surface area contributed by atoms with E-state index in [0.717, 1.165) is 12.8 Å². The second-order valence-corrected chi connectivity index (χ2v) is 1.74. The van der Waals surface area contributed by atoms with Crippen molar-refractivity contribution in [3.63, 3.8) is 0 Å². The van der Waals surface area contributed by atoms with Gasteiger partial charge in [0.1, 0.15) is 0 Å². The third kappa shape index (κ3) is 6.10. The van der Waals surface area contributed by atoms with Gasteiger partial charge in [-0.05, 0) is 6.42 Å². The summed E-state index contributed by atoms with van der Waals surface area (Å²) in [6.45, 7) is 2.71. The highest BCUT2D eigenvalue weighted by atomic mass is 28.2. The van der Waals surface area contributed by atoms with Crippen LogP contribution in [0.15, 0.2) is 0 Å². The van der Waals surface area contributed by atoms with Crippen LogP contribution in [0.3, 0.4) is 0 Å². The Kier molecular flexibility index (Phi) is 7.18. The molecule has 0 heterocycles. The van der Waals surface area contributed by atoms with E-state index < -0.39 is 0 Å². The summed E-state index contributed by atoms with van der Waals surface area (Å²) in [4.78, 5) is 4.54. The maximum absolute atomic E-state index is 4.54. The summed E-state index contributed by atoms with van der Waals surface area (Å²) >= 11 is 0. The van der Waals surface area contributed by atoms with Gasteiger partial charge in [0.25, 0.3) is 0 Å². The smallest absolute Gasteiger partial charge is 0.197 e. The highest BCUT2D eigenvalue weighted by Gasteiger charge is 1.82. The molecule has 0 radical (unpaired) electrons. The Morgan fingerprint density at radius 2 is 2.25 bits per heavy atom. The van der Waals surface area contributed by atoms with Crippen LogP contribution >= 0.6 is 0 Å². The van der Waals surface area contributed by atoms with Crippen LogP contribution in [0.4, 0.5) is 0 Å². The molecule has 0 bridgehead atoms. The molecule has 0 unspecified atom stereocenters. The van der Waals surface area contributed by atoms with Crippen LogP contribution < -0.4 is 0 Å². The summed E-state index contributed by atoms with van der Waals surface area (Å²) in [6, 6.07) is 0. The molecule has 50 valence electrons. The molecule has 0 fully saturated rings. The van der Waals surface area contributed by atoms with Gasteiger partial charge in [0.15, 0.2) is 10.5 Å². The van der Waals surface area contributed by atoms with E-state index >= 15 is 0 Å². The minimum atomic E-state index is 0.560. The minimum Gasteiger partial charge on any atom is -0.269 e. The average Bonchev–Trinajstić information content (AvgIpc) is 1.81. The molecular formula is C4H12O3Si. The van der Waals surface area contributed by atoms with E-state index in [1.54, 1.807) is 0 Å². The first-order valence-electron chi connectivity index (χ1n) is 2.74. The molecule has 0 rings (SSSR count). The monoisotopic (exact) mass is 136 g/mol. The van der Waals surface area contributed by atoms with Crippen molar-refractivity contribution < 1.29 is 14.5 Å². The molecule has 0 saturated heterocycles. The van der Waals surface area contributed by atoms with E-state index in [1.165, 1.54) is 0 Å². The average molecular weight is 136 g/mol. The lowest BCUT2D eigenvalue weighted by Gasteiger charge is -1.96. The minimum absolute atomic E-state index is 0.560. The van der Waals surface area contributed by atoms with E-state index in [-0.39, 0.29) is 0 Å². The quantitative estimate of drug-likeness (QED) is 0.229. The molecule has 0 N–H and O–H groups in total. The van der Waals surface area contributed by atoms with Gasteiger partial charge in [-0.3, -0.25) is 4.58 Å². The third-order valence-electron chi connectivity index (χ3n) is 0.697. The first-order valence-corrected chi connectivity index (χ1v) is 3.55. The van der Waals surface area contributed by atoms with Gasteiger partial charge in [0.05, 0.1) is 6.61 Å². The number of hydrogen-bond acceptors (Lipinski definition) is 3. The molecule has 0 spiro atoms. The topological polar surface area (TPSA) is 27.7 Å². The van der Waals surface area contributed by atoms with Gasteiger partial charge in [-0.25, -0.2) is 4.89 Å². The molecule has 0 aromatic rings. The van der Waals surface area contributed by atoms with Crippen LogP contribution in [-0.2, 0) is 14.5 Å². The van der Waals surface area contributed by atoms with Crippen molar-refractivity contribution in [2.75, 3.05) is 6.61 Å². The lowest BCUT2D eigenvalue weighted by Crippen LogP contribution is -1.94. The SMILES string of the molecule is CCCCOOO[SiH3]. The van der Waals surface area contributed by atoms with Crippen LogP contribution in [-0.4, -0.2) is 17.1 Å². The fraction of sp³-hybridized carbons (Fsp3) is 1.00. The molecule has 0 aliphatic carbocycles. The van der Waals surface area contributed by atoms with Crippen LogP contribution in [0.25, 0.3) is 0 Å². The molecule has 0 aliphatic rings. The zero-order valence-corrected chi connectivity index (χ0v) is 7.35. The molecule has 4 heteroatoms. The van der Waals surface area contributed by atoms with E-state index in [0.29, 0.717) is 17.1 Å². The highest BCUT2D eigenvalue weighted by molar-refractivity contribution is 5.97. The molecule has 8 heavy (non-hydrogen) atoms. The van der Waals surface area contributed by atoms with Gasteiger partial charge in [-0.2, -0.15) is 0 Å². The van der Waals surface area contributed by atoms with Gasteiger partial charge in [0.2, 0.25) is 0 Å². The van der Waals surface area contributed by atoms with Gasteiger partial charge in [0, 0.05) is 0 Å². The van der Waals surface area contributed by atoms with Crippen molar-refractivity contribution in [2.24, 2.45) is 0 Å². The fourth-order valence-electron chi connectivity index (χ4n) is 0.285. The Bertz CT molecular complexity index is 36.3. The van der Waals surface area contributed by atoms with Crippen molar-refractivity contribution in [3.05, 3.63) is 0 Å². The third-order valence-corrected chi connectivity index (χ3v) is 0.833. The zero-order chi connectivity index (χ0) is 6.24. The van der Waals surface area contributed by atoms with Gasteiger partial charge < -0.3 is 0 Å². The molecule has 3 nitrogen and oxygen atoms in total. The van der Waals surface area contributed by atoms with Gasteiger partial charge >= 0.3 is 0 Å². The van der Waals surface area contributed by atoms with Crippen molar-refractivity contribution in [1.29, 1.82) is 0 Å². The highest BCUT2D eigenvalue weighted by Crippen LogP contribution is 1.87. The summed E-state index contributed by atoms with van der Waals surface area (Å²) in [6.07, 6.45) is 2.13. The first-order chi connectivity index (χ1) is 3.91. The summed E-state index contributed by atoms with van der Waals surface area (Å²) in [7, 11) is 0.560. The van der Waals surface area contributed by atoms with E-state index in [1.807, 2.05) is 0 Å². The largest absolute Gasteiger partial charge is 0.269 e. The number of unbranched alkanes of at least 4 members (excludes halogenated alkanes) is 1. The van der Waals surface area contributed by atoms with E-state index in [4.69, 9.17) is 0 Å². The normalized spacial score (nSPS) is 10.1. The molecule has 0 aromatic carbocycles. The lowest BCUT2D eigenvalue weighted by molar-refractivity contribution is -0.467. The van der Waals surface area contributed by atoms with Crippen molar-refractivity contribution in [1.82, 2.24) is 0 Å². The molecular weight excluding hydrogens is 124 g/mol. The molecule has 0 atom stereocenters. The Balaban J connectivity index is 2.53. The van der Waals surface area contributed by atoms with Crippen LogP contribution in [0.1, 0.15) is 19.8 Å². The second kappa shape index (κ2) is 7.10. The maximum atomic E-state index is 4.54. The summed E-state index contributed by atoms with van der Waals surface area (Å²) < 4.78 is 4.31. The standard InChI is InChI=1S/C4H12O3Si/c1-2-3-4-5-6-7-8/h2-4H2,1,8H3. The van der Waals surface area contributed by atoms with Gasteiger partial charge in [-0.15, -0.1) is 0 Å². The fourth-order valence-corrected chi connectivity index (χ4v) is 0.382. The lowest BCUT2D eigenvalue weighted by atomic mass is 10.4. The van der Waals surface area contributed by atoms with Crippen LogP contribution in [0, 0.1) is 0 Å². The molecule has 0 saturated carbocycles. The molecule has 0 aliphatic heterocycles. The predicted molar refractivity (Wildman–Crippen MR) is 33.0 cm³/mol. The van der Waals surface area contributed by atoms with E-state index in [2.05, 4.69) is 21.4 Å². The predicted octanol–water partition coefficient (Wildman–Crippen LogP) is -0.0533. The molecule has 0 amide bonds. The van der Waals surface area contributed by atoms with E-state index in [9.17, 15) is 0 Å². The Hall–Kier alpha value is 0.0969.